The van der Waals surface area contributed by atoms with Crippen molar-refractivity contribution in [1.82, 2.24) is 4.98 Å². The van der Waals surface area contributed by atoms with Crippen LogP contribution in [-0.4, -0.2) is 4.98 Å². The first kappa shape index (κ1) is 11.4. The molecule has 80 valence electrons. The summed E-state index contributed by atoms with van der Waals surface area (Å²) in [5.41, 5.74) is 6.68. The van der Waals surface area contributed by atoms with Crippen molar-refractivity contribution in [1.29, 1.82) is 0 Å². The van der Waals surface area contributed by atoms with Crippen molar-refractivity contribution in [3.05, 3.63) is 26.5 Å². The molecule has 0 saturated carbocycles. The molecule has 0 amide bonds. The molecule has 0 bridgehead atoms. The van der Waals surface area contributed by atoms with E-state index in [0.717, 1.165) is 11.4 Å². The van der Waals surface area contributed by atoms with Gasteiger partial charge in [0.05, 0.1) is 9.90 Å². The van der Waals surface area contributed by atoms with Gasteiger partial charge < -0.3 is 5.73 Å². The molecule has 0 aliphatic rings. The first-order valence-corrected chi connectivity index (χ1v) is 7.72. The van der Waals surface area contributed by atoms with Crippen LogP contribution in [0.3, 0.4) is 0 Å². The zero-order valence-electron chi connectivity index (χ0n) is 7.99. The van der Waals surface area contributed by atoms with Crippen molar-refractivity contribution in [2.75, 3.05) is 5.73 Å². The SMILES string of the molecule is Cc1nc(N)sc1SCc1sccc1Br. The van der Waals surface area contributed by atoms with Crippen LogP contribution in [0.25, 0.3) is 0 Å². The van der Waals surface area contributed by atoms with Crippen molar-refractivity contribution in [3.8, 4) is 0 Å². The molecule has 2 rings (SSSR count). The lowest BCUT2D eigenvalue weighted by molar-refractivity contribution is 1.21. The number of thiophene rings is 1. The number of nitrogens with two attached hydrogens (primary N) is 1. The Labute approximate surface area is 109 Å². The second-order valence-corrected chi connectivity index (χ2v) is 7.04. The lowest BCUT2D eigenvalue weighted by Gasteiger charge is -1.97. The highest BCUT2D eigenvalue weighted by molar-refractivity contribution is 9.10. The van der Waals surface area contributed by atoms with Crippen molar-refractivity contribution in [2.24, 2.45) is 0 Å². The van der Waals surface area contributed by atoms with E-state index in [0.29, 0.717) is 5.13 Å². The van der Waals surface area contributed by atoms with Crippen LogP contribution >= 0.6 is 50.4 Å². The topological polar surface area (TPSA) is 38.9 Å². The summed E-state index contributed by atoms with van der Waals surface area (Å²) in [5, 5.41) is 2.74. The quantitative estimate of drug-likeness (QED) is 0.863. The number of anilines is 1. The lowest BCUT2D eigenvalue weighted by atomic mass is 10.5. The molecular formula is C9H9BrN2S3. The number of thioether (sulfide) groups is 1. The number of thiazole rings is 1. The summed E-state index contributed by atoms with van der Waals surface area (Å²) in [6.45, 7) is 2.00. The molecule has 2 N–H and O–H groups in total. The zero-order valence-corrected chi connectivity index (χ0v) is 12.0. The first-order chi connectivity index (χ1) is 7.16. The van der Waals surface area contributed by atoms with E-state index in [1.807, 2.05) is 6.92 Å². The van der Waals surface area contributed by atoms with Crippen LogP contribution in [0.4, 0.5) is 5.13 Å². The lowest BCUT2D eigenvalue weighted by Crippen LogP contribution is -1.80. The molecule has 2 nitrogen and oxygen atoms in total. The Morgan fingerprint density at radius 1 is 1.60 bits per heavy atom. The summed E-state index contributed by atoms with van der Waals surface area (Å²) in [6.07, 6.45) is 0. The van der Waals surface area contributed by atoms with E-state index in [2.05, 4.69) is 32.4 Å². The number of nitrogen functional groups attached to an aromatic ring is 1. The van der Waals surface area contributed by atoms with E-state index in [1.165, 1.54) is 13.6 Å². The van der Waals surface area contributed by atoms with E-state index in [-0.39, 0.29) is 0 Å². The second-order valence-electron chi connectivity index (χ2n) is 2.91. The molecule has 0 aromatic carbocycles. The summed E-state index contributed by atoms with van der Waals surface area (Å²) < 4.78 is 2.41. The Morgan fingerprint density at radius 3 is 2.93 bits per heavy atom. The minimum absolute atomic E-state index is 0.653. The van der Waals surface area contributed by atoms with E-state index in [4.69, 9.17) is 5.73 Å². The Hall–Kier alpha value is -0.0400. The molecule has 0 fully saturated rings. The Bertz CT molecular complexity index is 464. The van der Waals surface area contributed by atoms with Gasteiger partial charge in [0.15, 0.2) is 5.13 Å². The number of aromatic nitrogens is 1. The molecule has 0 spiro atoms. The zero-order chi connectivity index (χ0) is 10.8. The Morgan fingerprint density at radius 2 is 2.40 bits per heavy atom. The molecule has 6 heteroatoms. The molecule has 0 aliphatic carbocycles. The van der Waals surface area contributed by atoms with Crippen LogP contribution < -0.4 is 5.73 Å². The van der Waals surface area contributed by atoms with Crippen molar-refractivity contribution < 1.29 is 0 Å². The van der Waals surface area contributed by atoms with Gasteiger partial charge in [-0.05, 0) is 34.3 Å². The highest BCUT2D eigenvalue weighted by Crippen LogP contribution is 2.35. The molecule has 0 unspecified atom stereocenters. The highest BCUT2D eigenvalue weighted by Gasteiger charge is 2.08. The Balaban J connectivity index is 2.05. The van der Waals surface area contributed by atoms with Gasteiger partial charge in [0.1, 0.15) is 0 Å². The molecule has 0 saturated heterocycles. The van der Waals surface area contributed by atoms with E-state index in [1.54, 1.807) is 34.4 Å². The number of aryl methyl sites for hydroxylation is 1. The number of halogens is 1. The summed E-state index contributed by atoms with van der Waals surface area (Å²) >= 11 is 8.65. The minimum atomic E-state index is 0.653. The van der Waals surface area contributed by atoms with Gasteiger partial charge in [-0.1, -0.05) is 11.3 Å². The number of hydrogen-bond donors (Lipinski definition) is 1. The maximum atomic E-state index is 5.65. The van der Waals surface area contributed by atoms with E-state index in [9.17, 15) is 0 Å². The van der Waals surface area contributed by atoms with Gasteiger partial charge >= 0.3 is 0 Å². The Kier molecular flexibility index (Phi) is 3.71. The van der Waals surface area contributed by atoms with Gasteiger partial charge in [-0.3, -0.25) is 0 Å². The van der Waals surface area contributed by atoms with Crippen LogP contribution in [0, 0.1) is 6.92 Å². The molecule has 0 radical (unpaired) electrons. The van der Waals surface area contributed by atoms with Gasteiger partial charge in [0.25, 0.3) is 0 Å². The molecular weight excluding hydrogens is 312 g/mol. The van der Waals surface area contributed by atoms with E-state index >= 15 is 0 Å². The van der Waals surface area contributed by atoms with Crippen LogP contribution in [-0.2, 0) is 5.75 Å². The van der Waals surface area contributed by atoms with Crippen LogP contribution in [0.15, 0.2) is 20.1 Å². The van der Waals surface area contributed by atoms with Gasteiger partial charge in [-0.2, -0.15) is 0 Å². The first-order valence-electron chi connectivity index (χ1n) is 4.24. The molecule has 2 aromatic heterocycles. The predicted octanol–water partition coefficient (Wildman–Crippen LogP) is 4.15. The highest BCUT2D eigenvalue weighted by atomic mass is 79.9. The third-order valence-corrected chi connectivity index (χ3v) is 6.28. The maximum Gasteiger partial charge on any atom is 0.181 e. The van der Waals surface area contributed by atoms with Crippen molar-refractivity contribution in [2.45, 2.75) is 16.9 Å². The molecule has 0 aliphatic heterocycles. The standard InChI is InChI=1S/C9H9BrN2S3/c1-5-8(15-9(11)12-5)14-4-7-6(10)2-3-13-7/h2-3H,4H2,1H3,(H2,11,12). The second kappa shape index (κ2) is 4.86. The van der Waals surface area contributed by atoms with Crippen LogP contribution in [0.1, 0.15) is 10.6 Å². The fourth-order valence-electron chi connectivity index (χ4n) is 1.10. The minimum Gasteiger partial charge on any atom is -0.375 e. The van der Waals surface area contributed by atoms with E-state index < -0.39 is 0 Å². The largest absolute Gasteiger partial charge is 0.375 e. The third kappa shape index (κ3) is 2.75. The summed E-state index contributed by atoms with van der Waals surface area (Å²) in [5.74, 6) is 0.973. The van der Waals surface area contributed by atoms with Crippen molar-refractivity contribution >= 4 is 55.5 Å². The fraction of sp³-hybridized carbons (Fsp3) is 0.222. The maximum absolute atomic E-state index is 5.65. The van der Waals surface area contributed by atoms with Crippen LogP contribution in [0.2, 0.25) is 0 Å². The van der Waals surface area contributed by atoms with Crippen molar-refractivity contribution in [3.63, 3.8) is 0 Å². The molecule has 15 heavy (non-hydrogen) atoms. The molecule has 2 heterocycles. The number of rotatable bonds is 3. The average Bonchev–Trinajstić information content (AvgIpc) is 2.70. The van der Waals surface area contributed by atoms with Gasteiger partial charge in [0.2, 0.25) is 0 Å². The van der Waals surface area contributed by atoms with Gasteiger partial charge in [0, 0.05) is 15.1 Å². The average molecular weight is 321 g/mol. The summed E-state index contributed by atoms with van der Waals surface area (Å²) in [6, 6.07) is 2.08. The normalized spacial score (nSPS) is 10.8. The molecule has 2 aromatic rings. The summed E-state index contributed by atoms with van der Waals surface area (Å²) in [7, 11) is 0. The smallest absolute Gasteiger partial charge is 0.181 e. The van der Waals surface area contributed by atoms with Gasteiger partial charge in [-0.25, -0.2) is 4.98 Å². The number of hydrogen-bond acceptors (Lipinski definition) is 5. The monoisotopic (exact) mass is 320 g/mol. The molecule has 0 atom stereocenters. The van der Waals surface area contributed by atoms with Gasteiger partial charge in [-0.15, -0.1) is 23.1 Å². The summed E-state index contributed by atoms with van der Waals surface area (Å²) in [4.78, 5) is 5.55. The van der Waals surface area contributed by atoms with Crippen LogP contribution in [0.5, 0.6) is 0 Å². The number of nitrogens with zero attached hydrogens (tertiary/aromatic N) is 1. The fourth-order valence-corrected chi connectivity index (χ4v) is 4.91. The predicted molar refractivity (Wildman–Crippen MR) is 72.8 cm³/mol. The third-order valence-electron chi connectivity index (χ3n) is 1.80.